The van der Waals surface area contributed by atoms with Gasteiger partial charge in [0, 0.05) is 12.6 Å². The van der Waals surface area contributed by atoms with Gasteiger partial charge in [-0.2, -0.15) is 4.31 Å². The number of rotatable bonds is 4. The number of benzene rings is 1. The average molecular weight is 348 g/mol. The average Bonchev–Trinajstić information content (AvgIpc) is 2.47. The molecule has 2 atom stereocenters. The SMILES string of the molecule is COc1ccc(S(=O)(=O)N2CC(C(=O)O)CCC2C)cc1Cl. The first-order valence-electron chi connectivity index (χ1n) is 6.85. The van der Waals surface area contributed by atoms with Crippen molar-refractivity contribution in [2.75, 3.05) is 13.7 Å². The number of carboxylic acids is 1. The standard InChI is InChI=1S/C14H18ClNO5S/c1-9-3-4-10(14(17)18)8-16(9)22(19,20)11-5-6-13(21-2)12(15)7-11/h5-7,9-10H,3-4,8H2,1-2H3,(H,17,18). The maximum absolute atomic E-state index is 12.8. The quantitative estimate of drug-likeness (QED) is 0.902. The number of ether oxygens (including phenoxy) is 1. The number of carboxylic acid groups (broad SMARTS) is 1. The van der Waals surface area contributed by atoms with Gasteiger partial charge in [0.05, 0.1) is 22.9 Å². The van der Waals surface area contributed by atoms with Gasteiger partial charge in [-0.05, 0) is 38.0 Å². The van der Waals surface area contributed by atoms with Gasteiger partial charge >= 0.3 is 5.97 Å². The van der Waals surface area contributed by atoms with E-state index in [2.05, 4.69) is 0 Å². The summed E-state index contributed by atoms with van der Waals surface area (Å²) in [5.41, 5.74) is 0. The van der Waals surface area contributed by atoms with Gasteiger partial charge in [0.2, 0.25) is 10.0 Å². The van der Waals surface area contributed by atoms with E-state index in [9.17, 15) is 13.2 Å². The van der Waals surface area contributed by atoms with Crippen LogP contribution in [0.2, 0.25) is 5.02 Å². The van der Waals surface area contributed by atoms with Crippen molar-refractivity contribution < 1.29 is 23.1 Å². The van der Waals surface area contributed by atoms with Gasteiger partial charge in [-0.25, -0.2) is 8.42 Å². The van der Waals surface area contributed by atoms with Gasteiger partial charge in [0.15, 0.2) is 0 Å². The molecule has 1 fully saturated rings. The highest BCUT2D eigenvalue weighted by molar-refractivity contribution is 7.89. The minimum absolute atomic E-state index is 0.0253. The zero-order valence-electron chi connectivity index (χ0n) is 12.3. The lowest BCUT2D eigenvalue weighted by atomic mass is 9.96. The third-order valence-corrected chi connectivity index (χ3v) is 6.18. The van der Waals surface area contributed by atoms with Crippen LogP contribution in [0.4, 0.5) is 0 Å². The van der Waals surface area contributed by atoms with Crippen LogP contribution >= 0.6 is 11.6 Å². The third-order valence-electron chi connectivity index (χ3n) is 3.90. The highest BCUT2D eigenvalue weighted by Gasteiger charge is 2.37. The summed E-state index contributed by atoms with van der Waals surface area (Å²) < 4.78 is 31.8. The first kappa shape index (κ1) is 17.1. The second-order valence-electron chi connectivity index (χ2n) is 5.33. The van der Waals surface area contributed by atoms with Gasteiger partial charge in [0.25, 0.3) is 0 Å². The van der Waals surface area contributed by atoms with Crippen LogP contribution in [0.3, 0.4) is 0 Å². The number of methoxy groups -OCH3 is 1. The van der Waals surface area contributed by atoms with Crippen molar-refractivity contribution in [3.63, 3.8) is 0 Å². The smallest absolute Gasteiger partial charge is 0.307 e. The molecule has 0 amide bonds. The summed E-state index contributed by atoms with van der Waals surface area (Å²) in [6.07, 6.45) is 0.992. The zero-order valence-corrected chi connectivity index (χ0v) is 13.9. The highest BCUT2D eigenvalue weighted by Crippen LogP contribution is 2.32. The minimum Gasteiger partial charge on any atom is -0.495 e. The summed E-state index contributed by atoms with van der Waals surface area (Å²) in [6, 6.07) is 3.98. The molecule has 1 heterocycles. The number of sulfonamides is 1. The van der Waals surface area contributed by atoms with Gasteiger partial charge in [-0.3, -0.25) is 4.79 Å². The van der Waals surface area contributed by atoms with E-state index in [4.69, 9.17) is 21.4 Å². The molecule has 0 aromatic heterocycles. The Hall–Kier alpha value is -1.31. The van der Waals surface area contributed by atoms with Gasteiger partial charge in [-0.15, -0.1) is 0 Å². The van der Waals surface area contributed by atoms with Crippen molar-refractivity contribution in [2.24, 2.45) is 5.92 Å². The molecule has 6 nitrogen and oxygen atoms in total. The van der Waals surface area contributed by atoms with E-state index in [1.54, 1.807) is 6.92 Å². The van der Waals surface area contributed by atoms with E-state index >= 15 is 0 Å². The van der Waals surface area contributed by atoms with Crippen LogP contribution in [0.5, 0.6) is 5.75 Å². The molecular weight excluding hydrogens is 330 g/mol. The lowest BCUT2D eigenvalue weighted by Gasteiger charge is -2.35. The van der Waals surface area contributed by atoms with E-state index in [1.807, 2.05) is 0 Å². The third kappa shape index (κ3) is 3.21. The fraction of sp³-hybridized carbons (Fsp3) is 0.500. The minimum atomic E-state index is -3.80. The molecule has 22 heavy (non-hydrogen) atoms. The van der Waals surface area contributed by atoms with Gasteiger partial charge < -0.3 is 9.84 Å². The molecule has 0 radical (unpaired) electrons. The number of nitrogens with zero attached hydrogens (tertiary/aromatic N) is 1. The van der Waals surface area contributed by atoms with E-state index in [1.165, 1.54) is 29.6 Å². The van der Waals surface area contributed by atoms with E-state index in [0.717, 1.165) is 0 Å². The normalized spacial score (nSPS) is 23.2. The van der Waals surface area contributed by atoms with E-state index < -0.39 is 21.9 Å². The van der Waals surface area contributed by atoms with Crippen molar-refractivity contribution >= 4 is 27.6 Å². The van der Waals surface area contributed by atoms with Gasteiger partial charge in [-0.1, -0.05) is 11.6 Å². The summed E-state index contributed by atoms with van der Waals surface area (Å²) in [5, 5.41) is 9.33. The maximum atomic E-state index is 12.8. The Morgan fingerprint density at radius 3 is 2.64 bits per heavy atom. The molecule has 2 unspecified atom stereocenters. The number of halogens is 1. The fourth-order valence-corrected chi connectivity index (χ4v) is 4.61. The predicted octanol–water partition coefficient (Wildman–Crippen LogP) is 2.22. The van der Waals surface area contributed by atoms with Crippen molar-refractivity contribution in [1.82, 2.24) is 4.31 Å². The van der Waals surface area contributed by atoms with E-state index in [-0.39, 0.29) is 22.5 Å². The monoisotopic (exact) mass is 347 g/mol. The Labute approximate surface area is 134 Å². The topological polar surface area (TPSA) is 83.9 Å². The Balaban J connectivity index is 2.36. The molecule has 0 aliphatic carbocycles. The zero-order chi connectivity index (χ0) is 16.5. The Bertz CT molecular complexity index is 676. The fourth-order valence-electron chi connectivity index (χ4n) is 2.55. The molecule has 1 aromatic carbocycles. The molecule has 1 aromatic rings. The molecule has 2 rings (SSSR count). The van der Waals surface area contributed by atoms with Crippen LogP contribution in [0.15, 0.2) is 23.1 Å². The Morgan fingerprint density at radius 2 is 2.09 bits per heavy atom. The van der Waals surface area contributed by atoms with Crippen molar-refractivity contribution in [3.8, 4) is 5.75 Å². The molecule has 1 N–H and O–H groups in total. The first-order valence-corrected chi connectivity index (χ1v) is 8.67. The number of hydrogen-bond acceptors (Lipinski definition) is 4. The second kappa shape index (κ2) is 6.44. The lowest BCUT2D eigenvalue weighted by molar-refractivity contribution is -0.143. The lowest BCUT2D eigenvalue weighted by Crippen LogP contribution is -2.47. The van der Waals surface area contributed by atoms with Crippen LogP contribution in [0, 0.1) is 5.92 Å². The highest BCUT2D eigenvalue weighted by atomic mass is 35.5. The number of piperidine rings is 1. The van der Waals surface area contributed by atoms with Crippen LogP contribution in [0.1, 0.15) is 19.8 Å². The molecule has 1 aliphatic rings. The van der Waals surface area contributed by atoms with Gasteiger partial charge in [0.1, 0.15) is 5.75 Å². The van der Waals surface area contributed by atoms with Crippen molar-refractivity contribution in [2.45, 2.75) is 30.7 Å². The van der Waals surface area contributed by atoms with Crippen molar-refractivity contribution in [3.05, 3.63) is 23.2 Å². The Kier molecular flexibility index (Phi) is 4.99. The number of hydrogen-bond donors (Lipinski definition) is 1. The maximum Gasteiger partial charge on any atom is 0.307 e. The first-order chi connectivity index (χ1) is 10.3. The van der Waals surface area contributed by atoms with Crippen molar-refractivity contribution in [1.29, 1.82) is 0 Å². The number of aliphatic carboxylic acids is 1. The largest absolute Gasteiger partial charge is 0.495 e. The van der Waals surface area contributed by atoms with Crippen LogP contribution in [-0.2, 0) is 14.8 Å². The second-order valence-corrected chi connectivity index (χ2v) is 7.63. The Morgan fingerprint density at radius 1 is 1.41 bits per heavy atom. The summed E-state index contributed by atoms with van der Waals surface area (Å²) in [7, 11) is -2.35. The van der Waals surface area contributed by atoms with Crippen LogP contribution < -0.4 is 4.74 Å². The summed E-state index contributed by atoms with van der Waals surface area (Å²) >= 11 is 5.99. The summed E-state index contributed by atoms with van der Waals surface area (Å²) in [6.45, 7) is 1.75. The predicted molar refractivity (Wildman–Crippen MR) is 81.7 cm³/mol. The molecular formula is C14H18ClNO5S. The molecule has 0 spiro atoms. The number of carbonyl (C=O) groups is 1. The summed E-state index contributed by atoms with van der Waals surface area (Å²) in [5.74, 6) is -1.27. The molecule has 0 saturated carbocycles. The molecule has 122 valence electrons. The summed E-state index contributed by atoms with van der Waals surface area (Å²) in [4.78, 5) is 11.2. The molecule has 1 aliphatic heterocycles. The van der Waals surface area contributed by atoms with Crippen LogP contribution in [-0.4, -0.2) is 43.5 Å². The molecule has 0 bridgehead atoms. The molecule has 1 saturated heterocycles. The van der Waals surface area contributed by atoms with E-state index in [0.29, 0.717) is 18.6 Å². The molecule has 8 heteroatoms. The van der Waals surface area contributed by atoms with Crippen LogP contribution in [0.25, 0.3) is 0 Å².